The first-order chi connectivity index (χ1) is 13.6. The third kappa shape index (κ3) is 5.05. The number of carbonyl (C=O) groups excluding carboxylic acids is 1. The largest absolute Gasteiger partial charge is 0.497 e. The molecule has 146 valence electrons. The molecule has 2 aromatic rings. The Balaban J connectivity index is 1.52. The van der Waals surface area contributed by atoms with E-state index >= 15 is 0 Å². The Kier molecular flexibility index (Phi) is 6.95. The van der Waals surface area contributed by atoms with E-state index in [2.05, 4.69) is 0 Å². The SMILES string of the molecule is COc1ccc(OCCCOc2ccccc2/C=C2\SC(=S)N(C)C2=O)cc1. The Morgan fingerprint density at radius 2 is 1.71 bits per heavy atom. The number of amides is 1. The second-order valence-corrected chi connectivity index (χ2v) is 7.68. The van der Waals surface area contributed by atoms with Crippen LogP contribution in [0.15, 0.2) is 53.4 Å². The van der Waals surface area contributed by atoms with Gasteiger partial charge in [0.1, 0.15) is 21.6 Å². The van der Waals surface area contributed by atoms with Crippen molar-refractivity contribution in [1.82, 2.24) is 4.90 Å². The van der Waals surface area contributed by atoms with Gasteiger partial charge < -0.3 is 14.2 Å². The molecule has 0 saturated carbocycles. The standard InChI is InChI=1S/C21H21NO4S2/c1-22-20(23)19(28-21(22)27)14-15-6-3-4-7-18(15)26-13-5-12-25-17-10-8-16(24-2)9-11-17/h3-4,6-11,14H,5,12-13H2,1-2H3/b19-14-. The van der Waals surface area contributed by atoms with Crippen molar-refractivity contribution in [2.45, 2.75) is 6.42 Å². The van der Waals surface area contributed by atoms with Crippen LogP contribution in [0, 0.1) is 0 Å². The summed E-state index contributed by atoms with van der Waals surface area (Å²) in [7, 11) is 3.32. The second-order valence-electron chi connectivity index (χ2n) is 6.00. The van der Waals surface area contributed by atoms with E-state index in [0.717, 1.165) is 29.2 Å². The zero-order chi connectivity index (χ0) is 19.9. The average Bonchev–Trinajstić information content (AvgIpc) is 2.96. The van der Waals surface area contributed by atoms with Gasteiger partial charge in [0.25, 0.3) is 5.91 Å². The van der Waals surface area contributed by atoms with Crippen molar-refractivity contribution in [1.29, 1.82) is 0 Å². The topological polar surface area (TPSA) is 48.0 Å². The van der Waals surface area contributed by atoms with Crippen LogP contribution in [0.3, 0.4) is 0 Å². The van der Waals surface area contributed by atoms with Crippen molar-refractivity contribution in [3.8, 4) is 17.2 Å². The van der Waals surface area contributed by atoms with E-state index in [1.165, 1.54) is 16.7 Å². The van der Waals surface area contributed by atoms with E-state index in [1.807, 2.05) is 54.6 Å². The Bertz CT molecular complexity index is 880. The summed E-state index contributed by atoms with van der Waals surface area (Å²) >= 11 is 6.48. The summed E-state index contributed by atoms with van der Waals surface area (Å²) in [5.41, 5.74) is 0.854. The van der Waals surface area contributed by atoms with Crippen LogP contribution in [-0.4, -0.2) is 42.5 Å². The zero-order valence-corrected chi connectivity index (χ0v) is 17.3. The minimum absolute atomic E-state index is 0.0855. The number of rotatable bonds is 8. The fourth-order valence-corrected chi connectivity index (χ4v) is 3.69. The quantitative estimate of drug-likeness (QED) is 0.362. The first kappa shape index (κ1) is 20.2. The van der Waals surface area contributed by atoms with Crippen LogP contribution in [0.1, 0.15) is 12.0 Å². The minimum atomic E-state index is -0.0855. The van der Waals surface area contributed by atoms with Crippen molar-refractivity contribution in [3.05, 3.63) is 59.0 Å². The third-order valence-electron chi connectivity index (χ3n) is 4.07. The molecule has 3 rings (SSSR count). The third-order valence-corrected chi connectivity index (χ3v) is 5.55. The number of hydrogen-bond acceptors (Lipinski definition) is 6. The number of para-hydroxylation sites is 1. The Morgan fingerprint density at radius 3 is 2.39 bits per heavy atom. The summed E-state index contributed by atoms with van der Waals surface area (Å²) < 4.78 is 17.3. The molecule has 0 aliphatic carbocycles. The molecular formula is C21H21NO4S2. The Labute approximate surface area is 174 Å². The van der Waals surface area contributed by atoms with Gasteiger partial charge in [-0.15, -0.1) is 0 Å². The normalized spacial score (nSPS) is 15.2. The molecule has 1 aliphatic rings. The molecule has 0 bridgehead atoms. The molecule has 0 radical (unpaired) electrons. The molecule has 1 amide bonds. The highest BCUT2D eigenvalue weighted by Crippen LogP contribution is 2.33. The summed E-state index contributed by atoms with van der Waals surface area (Å²) in [5, 5.41) is 0. The molecule has 0 unspecified atom stereocenters. The zero-order valence-electron chi connectivity index (χ0n) is 15.7. The molecule has 1 heterocycles. The van der Waals surface area contributed by atoms with Crippen LogP contribution in [0.5, 0.6) is 17.2 Å². The van der Waals surface area contributed by atoms with Crippen LogP contribution in [0.4, 0.5) is 0 Å². The summed E-state index contributed by atoms with van der Waals surface area (Å²) in [5.74, 6) is 2.24. The van der Waals surface area contributed by atoms with Crippen molar-refractivity contribution in [3.63, 3.8) is 0 Å². The molecule has 1 aliphatic heterocycles. The van der Waals surface area contributed by atoms with Crippen LogP contribution in [0.25, 0.3) is 6.08 Å². The van der Waals surface area contributed by atoms with Gasteiger partial charge in [-0.3, -0.25) is 9.69 Å². The van der Waals surface area contributed by atoms with Gasteiger partial charge in [-0.25, -0.2) is 0 Å². The van der Waals surface area contributed by atoms with Gasteiger partial charge in [0.2, 0.25) is 0 Å². The number of ether oxygens (including phenoxy) is 3. The van der Waals surface area contributed by atoms with Crippen molar-refractivity contribution in [2.75, 3.05) is 27.4 Å². The van der Waals surface area contributed by atoms with Gasteiger partial charge in [0.05, 0.1) is 25.2 Å². The highest BCUT2D eigenvalue weighted by Gasteiger charge is 2.28. The van der Waals surface area contributed by atoms with E-state index < -0.39 is 0 Å². The summed E-state index contributed by atoms with van der Waals surface area (Å²) in [6.07, 6.45) is 2.56. The van der Waals surface area contributed by atoms with Crippen molar-refractivity contribution >= 4 is 40.3 Å². The maximum Gasteiger partial charge on any atom is 0.265 e. The highest BCUT2D eigenvalue weighted by molar-refractivity contribution is 8.26. The molecular weight excluding hydrogens is 394 g/mol. The number of thiocarbonyl (C=S) groups is 1. The van der Waals surface area contributed by atoms with Gasteiger partial charge in [-0.2, -0.15) is 0 Å². The maximum atomic E-state index is 12.2. The highest BCUT2D eigenvalue weighted by atomic mass is 32.2. The lowest BCUT2D eigenvalue weighted by atomic mass is 10.2. The predicted molar refractivity (Wildman–Crippen MR) is 116 cm³/mol. The van der Waals surface area contributed by atoms with Crippen LogP contribution < -0.4 is 14.2 Å². The second kappa shape index (κ2) is 9.61. The Hall–Kier alpha value is -2.51. The van der Waals surface area contributed by atoms with E-state index in [4.69, 9.17) is 26.4 Å². The molecule has 0 N–H and O–H groups in total. The summed E-state index contributed by atoms with van der Waals surface area (Å²) in [4.78, 5) is 14.3. The molecule has 1 saturated heterocycles. The van der Waals surface area contributed by atoms with Gasteiger partial charge in [-0.05, 0) is 36.4 Å². The smallest absolute Gasteiger partial charge is 0.265 e. The Morgan fingerprint density at radius 1 is 1.04 bits per heavy atom. The summed E-state index contributed by atoms with van der Waals surface area (Å²) in [6.45, 7) is 1.05. The predicted octanol–water partition coefficient (Wildman–Crippen LogP) is 4.37. The number of carbonyl (C=O) groups is 1. The first-order valence-electron chi connectivity index (χ1n) is 8.78. The van der Waals surface area contributed by atoms with E-state index in [1.54, 1.807) is 14.2 Å². The fourth-order valence-electron chi connectivity index (χ4n) is 2.52. The molecule has 28 heavy (non-hydrogen) atoms. The molecule has 0 spiro atoms. The fraction of sp³-hybridized carbons (Fsp3) is 0.238. The lowest BCUT2D eigenvalue weighted by Crippen LogP contribution is -2.22. The molecule has 7 heteroatoms. The number of hydrogen-bond donors (Lipinski definition) is 0. The number of thioether (sulfide) groups is 1. The monoisotopic (exact) mass is 415 g/mol. The molecule has 5 nitrogen and oxygen atoms in total. The first-order valence-corrected chi connectivity index (χ1v) is 10.0. The van der Waals surface area contributed by atoms with Gasteiger partial charge in [0, 0.05) is 19.0 Å². The molecule has 1 fully saturated rings. The van der Waals surface area contributed by atoms with Crippen molar-refractivity contribution in [2.24, 2.45) is 0 Å². The van der Waals surface area contributed by atoms with E-state index in [0.29, 0.717) is 22.4 Å². The van der Waals surface area contributed by atoms with E-state index in [9.17, 15) is 4.79 Å². The van der Waals surface area contributed by atoms with Gasteiger partial charge >= 0.3 is 0 Å². The molecule has 0 atom stereocenters. The average molecular weight is 416 g/mol. The molecule has 2 aromatic carbocycles. The van der Waals surface area contributed by atoms with Gasteiger partial charge in [-0.1, -0.05) is 42.2 Å². The van der Waals surface area contributed by atoms with Crippen LogP contribution in [-0.2, 0) is 4.79 Å². The maximum absolute atomic E-state index is 12.2. The van der Waals surface area contributed by atoms with Gasteiger partial charge in [0.15, 0.2) is 0 Å². The van der Waals surface area contributed by atoms with Crippen LogP contribution in [0.2, 0.25) is 0 Å². The molecule has 0 aromatic heterocycles. The van der Waals surface area contributed by atoms with Crippen LogP contribution >= 0.6 is 24.0 Å². The summed E-state index contributed by atoms with van der Waals surface area (Å²) in [6, 6.07) is 15.1. The lowest BCUT2D eigenvalue weighted by molar-refractivity contribution is -0.121. The van der Waals surface area contributed by atoms with E-state index in [-0.39, 0.29) is 5.91 Å². The van der Waals surface area contributed by atoms with Crippen molar-refractivity contribution < 1.29 is 19.0 Å². The number of nitrogens with zero attached hydrogens (tertiary/aromatic N) is 1. The number of likely N-dealkylation sites (N-methyl/N-ethyl adjacent to an activating group) is 1. The minimum Gasteiger partial charge on any atom is -0.497 e. The number of methoxy groups -OCH3 is 1. The number of benzene rings is 2. The lowest BCUT2D eigenvalue weighted by Gasteiger charge is -2.10.